The van der Waals surface area contributed by atoms with E-state index in [1.807, 2.05) is 18.2 Å². The average Bonchev–Trinajstić information content (AvgIpc) is 2.47. The second-order valence-corrected chi connectivity index (χ2v) is 4.95. The van der Waals surface area contributed by atoms with Crippen molar-refractivity contribution in [1.82, 2.24) is 0 Å². The number of hydrogen-bond acceptors (Lipinski definition) is 4. The molecule has 0 aliphatic carbocycles. The van der Waals surface area contributed by atoms with Crippen molar-refractivity contribution in [1.29, 1.82) is 0 Å². The Balaban J connectivity index is 2.09. The first kappa shape index (κ1) is 13.9. The largest absolute Gasteiger partial charge is 0.465 e. The number of piperidine rings is 1. The molecule has 0 spiro atoms. The van der Waals surface area contributed by atoms with E-state index in [0.717, 1.165) is 38.0 Å². The van der Waals surface area contributed by atoms with E-state index < -0.39 is 0 Å². The summed E-state index contributed by atoms with van der Waals surface area (Å²) in [7, 11) is 1.41. The number of methoxy groups -OCH3 is 1. The topological polar surface area (TPSA) is 49.8 Å². The molecule has 1 N–H and O–H groups in total. The average molecular weight is 263 g/mol. The highest BCUT2D eigenvalue weighted by Crippen LogP contribution is 2.27. The molecule has 0 unspecified atom stereocenters. The third-order valence-electron chi connectivity index (χ3n) is 3.80. The van der Waals surface area contributed by atoms with Crippen molar-refractivity contribution in [2.75, 3.05) is 31.7 Å². The number of hydrogen-bond donors (Lipinski definition) is 1. The summed E-state index contributed by atoms with van der Waals surface area (Å²) in [6.07, 6.45) is 3.01. The monoisotopic (exact) mass is 263 g/mol. The third-order valence-corrected chi connectivity index (χ3v) is 3.80. The minimum atomic E-state index is -0.284. The van der Waals surface area contributed by atoms with E-state index in [-0.39, 0.29) is 12.6 Å². The van der Waals surface area contributed by atoms with E-state index in [1.165, 1.54) is 7.11 Å². The lowest BCUT2D eigenvalue weighted by Crippen LogP contribution is -2.35. The molecule has 0 bridgehead atoms. The molecule has 0 saturated carbocycles. The van der Waals surface area contributed by atoms with Gasteiger partial charge >= 0.3 is 5.97 Å². The maximum atomic E-state index is 11.8. The van der Waals surface area contributed by atoms with Crippen LogP contribution in [0, 0.1) is 5.92 Å². The molecule has 1 aliphatic heterocycles. The molecule has 0 amide bonds. The van der Waals surface area contributed by atoms with Gasteiger partial charge in [-0.3, -0.25) is 0 Å². The molecule has 4 nitrogen and oxygen atoms in total. The van der Waals surface area contributed by atoms with Gasteiger partial charge in [0.25, 0.3) is 0 Å². The van der Waals surface area contributed by atoms with E-state index in [9.17, 15) is 4.79 Å². The highest BCUT2D eigenvalue weighted by molar-refractivity contribution is 5.95. The molecular formula is C15H21NO3. The highest BCUT2D eigenvalue weighted by atomic mass is 16.5. The van der Waals surface area contributed by atoms with Gasteiger partial charge in [0.05, 0.1) is 18.4 Å². The van der Waals surface area contributed by atoms with Crippen molar-refractivity contribution >= 4 is 11.7 Å². The van der Waals surface area contributed by atoms with Crippen LogP contribution >= 0.6 is 0 Å². The summed E-state index contributed by atoms with van der Waals surface area (Å²) in [4.78, 5) is 14.0. The van der Waals surface area contributed by atoms with E-state index in [2.05, 4.69) is 4.90 Å². The molecule has 1 fully saturated rings. The van der Waals surface area contributed by atoms with Crippen molar-refractivity contribution in [3.8, 4) is 0 Å². The number of rotatable bonds is 4. The van der Waals surface area contributed by atoms with Crippen LogP contribution in [0.5, 0.6) is 0 Å². The fourth-order valence-electron chi connectivity index (χ4n) is 2.68. The summed E-state index contributed by atoms with van der Waals surface area (Å²) in [6.45, 7) is 2.13. The van der Waals surface area contributed by atoms with Gasteiger partial charge in [-0.15, -0.1) is 0 Å². The molecule has 104 valence electrons. The molecule has 19 heavy (non-hydrogen) atoms. The first-order chi connectivity index (χ1) is 9.26. The number of aliphatic hydroxyl groups excluding tert-OH is 1. The normalized spacial score (nSPS) is 16.4. The van der Waals surface area contributed by atoms with Crippen LogP contribution in [-0.4, -0.2) is 37.9 Å². The van der Waals surface area contributed by atoms with Gasteiger partial charge in [-0.1, -0.05) is 12.1 Å². The molecular weight excluding hydrogens is 242 g/mol. The van der Waals surface area contributed by atoms with Gasteiger partial charge in [-0.25, -0.2) is 4.79 Å². The smallest absolute Gasteiger partial charge is 0.339 e. The van der Waals surface area contributed by atoms with Crippen LogP contribution in [-0.2, 0) is 4.74 Å². The molecule has 2 rings (SSSR count). The van der Waals surface area contributed by atoms with E-state index in [0.29, 0.717) is 11.5 Å². The van der Waals surface area contributed by atoms with Gasteiger partial charge < -0.3 is 14.7 Å². The van der Waals surface area contributed by atoms with Crippen LogP contribution in [0.25, 0.3) is 0 Å². The fraction of sp³-hybridized carbons (Fsp3) is 0.533. The lowest BCUT2D eigenvalue weighted by Gasteiger charge is -2.34. The fourth-order valence-corrected chi connectivity index (χ4v) is 2.68. The van der Waals surface area contributed by atoms with Crippen LogP contribution in [0.15, 0.2) is 24.3 Å². The zero-order valence-electron chi connectivity index (χ0n) is 11.3. The SMILES string of the molecule is COC(=O)c1ccccc1N1CCC(CCO)CC1. The summed E-state index contributed by atoms with van der Waals surface area (Å²) in [5.74, 6) is 0.319. The van der Waals surface area contributed by atoms with Crippen molar-refractivity contribution in [3.63, 3.8) is 0 Å². The lowest BCUT2D eigenvalue weighted by molar-refractivity contribution is 0.0601. The van der Waals surface area contributed by atoms with Crippen molar-refractivity contribution in [2.45, 2.75) is 19.3 Å². The Labute approximate surface area is 114 Å². The Kier molecular flexibility index (Phi) is 4.80. The Hall–Kier alpha value is -1.55. The maximum absolute atomic E-state index is 11.8. The van der Waals surface area contributed by atoms with Gasteiger partial charge in [0.15, 0.2) is 0 Å². The van der Waals surface area contributed by atoms with Crippen LogP contribution in [0.1, 0.15) is 29.6 Å². The summed E-state index contributed by atoms with van der Waals surface area (Å²) in [5.41, 5.74) is 1.59. The first-order valence-electron chi connectivity index (χ1n) is 6.79. The molecule has 4 heteroatoms. The van der Waals surface area contributed by atoms with Gasteiger partial charge in [-0.2, -0.15) is 0 Å². The number of carbonyl (C=O) groups excluding carboxylic acids is 1. The number of ether oxygens (including phenoxy) is 1. The number of aliphatic hydroxyl groups is 1. The van der Waals surface area contributed by atoms with Gasteiger partial charge in [-0.05, 0) is 37.3 Å². The number of para-hydroxylation sites is 1. The predicted molar refractivity (Wildman–Crippen MR) is 74.4 cm³/mol. The quantitative estimate of drug-likeness (QED) is 0.845. The van der Waals surface area contributed by atoms with Crippen LogP contribution in [0.2, 0.25) is 0 Å². The highest BCUT2D eigenvalue weighted by Gasteiger charge is 2.22. The molecule has 1 saturated heterocycles. The maximum Gasteiger partial charge on any atom is 0.339 e. The zero-order valence-corrected chi connectivity index (χ0v) is 11.3. The second kappa shape index (κ2) is 6.57. The van der Waals surface area contributed by atoms with E-state index in [1.54, 1.807) is 6.07 Å². The van der Waals surface area contributed by atoms with Crippen molar-refractivity contribution in [3.05, 3.63) is 29.8 Å². The second-order valence-electron chi connectivity index (χ2n) is 4.95. The van der Waals surface area contributed by atoms with Crippen molar-refractivity contribution in [2.24, 2.45) is 5.92 Å². The lowest BCUT2D eigenvalue weighted by atomic mass is 9.93. The van der Waals surface area contributed by atoms with E-state index in [4.69, 9.17) is 9.84 Å². The predicted octanol–water partition coefficient (Wildman–Crippen LogP) is 2.07. The number of carbonyl (C=O) groups is 1. The molecule has 1 aliphatic rings. The first-order valence-corrected chi connectivity index (χ1v) is 6.79. The third kappa shape index (κ3) is 3.26. The Morgan fingerprint density at radius 3 is 2.68 bits per heavy atom. The summed E-state index contributed by atoms with van der Waals surface area (Å²) in [6, 6.07) is 7.58. The molecule has 1 aromatic carbocycles. The molecule has 0 radical (unpaired) electrons. The summed E-state index contributed by atoms with van der Waals surface area (Å²) >= 11 is 0. The van der Waals surface area contributed by atoms with Crippen LogP contribution in [0.3, 0.4) is 0 Å². The minimum Gasteiger partial charge on any atom is -0.465 e. The molecule has 0 atom stereocenters. The Morgan fingerprint density at radius 2 is 2.05 bits per heavy atom. The molecule has 0 aromatic heterocycles. The molecule has 1 heterocycles. The summed E-state index contributed by atoms with van der Waals surface area (Å²) < 4.78 is 4.83. The zero-order chi connectivity index (χ0) is 13.7. The van der Waals surface area contributed by atoms with Crippen LogP contribution in [0.4, 0.5) is 5.69 Å². The standard InChI is InChI=1S/C15H21NO3/c1-19-15(18)13-4-2-3-5-14(13)16-9-6-12(7-10-16)8-11-17/h2-5,12,17H,6-11H2,1H3. The minimum absolute atomic E-state index is 0.267. The van der Waals surface area contributed by atoms with Gasteiger partial charge in [0.2, 0.25) is 0 Å². The Bertz CT molecular complexity index is 425. The summed E-state index contributed by atoms with van der Waals surface area (Å²) in [5, 5.41) is 8.98. The van der Waals surface area contributed by atoms with Crippen molar-refractivity contribution < 1.29 is 14.6 Å². The van der Waals surface area contributed by atoms with Gasteiger partial charge in [0.1, 0.15) is 0 Å². The number of benzene rings is 1. The Morgan fingerprint density at radius 1 is 1.37 bits per heavy atom. The van der Waals surface area contributed by atoms with Crippen LogP contribution < -0.4 is 4.90 Å². The number of nitrogens with zero attached hydrogens (tertiary/aromatic N) is 1. The van der Waals surface area contributed by atoms with Gasteiger partial charge in [0, 0.05) is 19.7 Å². The van der Waals surface area contributed by atoms with E-state index >= 15 is 0 Å². The number of esters is 1. The molecule has 1 aromatic rings. The number of anilines is 1.